The lowest BCUT2D eigenvalue weighted by Crippen LogP contribution is -1.87. The van der Waals surface area contributed by atoms with Crippen LogP contribution in [0.3, 0.4) is 0 Å². The van der Waals surface area contributed by atoms with Crippen molar-refractivity contribution in [2.24, 2.45) is 0 Å². The molecule has 1 aromatic rings. The van der Waals surface area contributed by atoms with Crippen molar-refractivity contribution in [2.75, 3.05) is 0 Å². The number of thiol groups is 1. The number of halogens is 2. The Kier molecular flexibility index (Phi) is 3.55. The second kappa shape index (κ2) is 4.25. The summed E-state index contributed by atoms with van der Waals surface area (Å²) in [5.74, 6) is -0.00634. The summed E-state index contributed by atoms with van der Waals surface area (Å²) in [5, 5.41) is 0.484. The summed E-state index contributed by atoms with van der Waals surface area (Å²) in [5.41, 5.74) is 0.627. The normalized spacial score (nSPS) is 10.6. The van der Waals surface area contributed by atoms with Crippen LogP contribution in [0.2, 0.25) is 5.02 Å². The maximum Gasteiger partial charge on any atom is 0.144 e. The van der Waals surface area contributed by atoms with Crippen molar-refractivity contribution >= 4 is 38.2 Å². The highest BCUT2D eigenvalue weighted by atomic mass is 79.9. The molecule has 0 saturated carbocycles. The van der Waals surface area contributed by atoms with E-state index in [1.165, 1.54) is 0 Å². The summed E-state index contributed by atoms with van der Waals surface area (Å²) in [6.45, 7) is 0. The minimum absolute atomic E-state index is 0.00634. The van der Waals surface area contributed by atoms with E-state index in [1.54, 1.807) is 18.2 Å². The fourth-order valence-corrected chi connectivity index (χ4v) is 2.03. The van der Waals surface area contributed by atoms with Crippen LogP contribution < -0.4 is 0 Å². The average Bonchev–Trinajstić information content (AvgIpc) is 1.96. The van der Waals surface area contributed by atoms with Crippen LogP contribution in [0.15, 0.2) is 22.7 Å². The van der Waals surface area contributed by atoms with Gasteiger partial charge in [-0.15, -0.1) is 0 Å². The highest BCUT2D eigenvalue weighted by Crippen LogP contribution is 2.21. The summed E-state index contributed by atoms with van der Waals surface area (Å²) in [6, 6.07) is 5.14. The lowest BCUT2D eigenvalue weighted by atomic mass is 10.2. The van der Waals surface area contributed by atoms with E-state index in [9.17, 15) is 8.42 Å². The Morgan fingerprint density at radius 3 is 2.67 bits per heavy atom. The van der Waals surface area contributed by atoms with E-state index >= 15 is 0 Å². The molecule has 12 heavy (non-hydrogen) atoms. The van der Waals surface area contributed by atoms with Gasteiger partial charge in [-0.05, 0) is 23.8 Å². The molecule has 1 aromatic carbocycles. The second-order valence-electron chi connectivity index (χ2n) is 2.23. The van der Waals surface area contributed by atoms with Gasteiger partial charge in [0.2, 0.25) is 0 Å². The largest absolute Gasteiger partial charge is 0.232 e. The third-order valence-corrected chi connectivity index (χ3v) is 2.77. The highest BCUT2D eigenvalue weighted by Gasteiger charge is 2.01. The Morgan fingerprint density at radius 2 is 2.08 bits per heavy atom. The molecule has 0 radical (unpaired) electrons. The van der Waals surface area contributed by atoms with Crippen molar-refractivity contribution in [3.8, 4) is 0 Å². The standard InChI is InChI=1S/C7H6BrClO2S/c8-6-1-2-7(9)5(3-6)4-12(10)11/h1-3,12H,4H2. The molecule has 0 aromatic heterocycles. The molecule has 5 heteroatoms. The van der Waals surface area contributed by atoms with Crippen molar-refractivity contribution < 1.29 is 8.42 Å². The smallest absolute Gasteiger partial charge is 0.144 e. The van der Waals surface area contributed by atoms with Gasteiger partial charge in [0.1, 0.15) is 10.7 Å². The third kappa shape index (κ3) is 2.77. The zero-order valence-electron chi connectivity index (χ0n) is 5.96. The first-order valence-corrected chi connectivity index (χ1v) is 5.68. The van der Waals surface area contributed by atoms with Gasteiger partial charge in [-0.2, -0.15) is 0 Å². The first kappa shape index (κ1) is 10.0. The van der Waals surface area contributed by atoms with Crippen molar-refractivity contribution in [2.45, 2.75) is 5.75 Å². The number of hydrogen-bond donors (Lipinski definition) is 1. The van der Waals surface area contributed by atoms with Crippen LogP contribution in [0, 0.1) is 0 Å². The first-order chi connectivity index (χ1) is 5.59. The van der Waals surface area contributed by atoms with Crippen LogP contribution in [0.25, 0.3) is 0 Å². The monoisotopic (exact) mass is 268 g/mol. The Labute approximate surface area is 85.6 Å². The number of rotatable bonds is 2. The minimum Gasteiger partial charge on any atom is -0.232 e. The molecule has 0 heterocycles. The molecule has 0 N–H and O–H groups in total. The average molecular weight is 270 g/mol. The first-order valence-electron chi connectivity index (χ1n) is 3.15. The van der Waals surface area contributed by atoms with E-state index in [1.807, 2.05) is 0 Å². The molecular weight excluding hydrogens is 263 g/mol. The Hall–Kier alpha value is -0.0600. The van der Waals surface area contributed by atoms with Crippen LogP contribution >= 0.6 is 27.5 Å². The molecule has 0 atom stereocenters. The van der Waals surface area contributed by atoms with Crippen molar-refractivity contribution in [1.29, 1.82) is 0 Å². The van der Waals surface area contributed by atoms with Crippen LogP contribution in [0.1, 0.15) is 5.56 Å². The van der Waals surface area contributed by atoms with E-state index in [4.69, 9.17) is 11.6 Å². The number of hydrogen-bond acceptors (Lipinski definition) is 2. The van der Waals surface area contributed by atoms with E-state index in [0.717, 1.165) is 4.47 Å². The van der Waals surface area contributed by atoms with E-state index in [2.05, 4.69) is 15.9 Å². The van der Waals surface area contributed by atoms with E-state index in [-0.39, 0.29) is 5.75 Å². The van der Waals surface area contributed by atoms with Crippen LogP contribution in [-0.4, -0.2) is 8.42 Å². The lowest BCUT2D eigenvalue weighted by molar-refractivity contribution is 0.614. The molecule has 0 aliphatic carbocycles. The summed E-state index contributed by atoms with van der Waals surface area (Å²) in [6.07, 6.45) is 0. The maximum absolute atomic E-state index is 10.4. The fourth-order valence-electron chi connectivity index (χ4n) is 0.804. The molecule has 0 unspecified atom stereocenters. The molecule has 0 bridgehead atoms. The molecule has 66 valence electrons. The number of benzene rings is 1. The molecule has 0 aliphatic rings. The van der Waals surface area contributed by atoms with Crippen LogP contribution in [-0.2, 0) is 16.5 Å². The Bertz CT molecular complexity index is 354. The molecular formula is C7H6BrClO2S. The maximum atomic E-state index is 10.4. The molecule has 0 aliphatic heterocycles. The zero-order chi connectivity index (χ0) is 9.14. The van der Waals surface area contributed by atoms with Crippen molar-refractivity contribution in [1.82, 2.24) is 0 Å². The molecule has 2 nitrogen and oxygen atoms in total. The van der Waals surface area contributed by atoms with Gasteiger partial charge < -0.3 is 0 Å². The fraction of sp³-hybridized carbons (Fsp3) is 0.143. The minimum atomic E-state index is -2.41. The van der Waals surface area contributed by atoms with Crippen molar-refractivity contribution in [3.63, 3.8) is 0 Å². The van der Waals surface area contributed by atoms with Gasteiger partial charge in [0.25, 0.3) is 0 Å². The predicted molar refractivity (Wildman–Crippen MR) is 53.2 cm³/mol. The molecule has 0 saturated heterocycles. The molecule has 0 amide bonds. The predicted octanol–water partition coefficient (Wildman–Crippen LogP) is 2.21. The van der Waals surface area contributed by atoms with Gasteiger partial charge in [-0.25, -0.2) is 8.42 Å². The summed E-state index contributed by atoms with van der Waals surface area (Å²) in [4.78, 5) is 0. The summed E-state index contributed by atoms with van der Waals surface area (Å²) in [7, 11) is -2.41. The van der Waals surface area contributed by atoms with Crippen molar-refractivity contribution in [3.05, 3.63) is 33.3 Å². The topological polar surface area (TPSA) is 34.1 Å². The van der Waals surface area contributed by atoms with Gasteiger partial charge in [-0.3, -0.25) is 0 Å². The summed E-state index contributed by atoms with van der Waals surface area (Å²) >= 11 is 8.98. The molecule has 0 spiro atoms. The van der Waals surface area contributed by atoms with Gasteiger partial charge >= 0.3 is 0 Å². The van der Waals surface area contributed by atoms with Gasteiger partial charge in [0.15, 0.2) is 0 Å². The van der Waals surface area contributed by atoms with Crippen LogP contribution in [0.4, 0.5) is 0 Å². The van der Waals surface area contributed by atoms with E-state index < -0.39 is 10.7 Å². The van der Waals surface area contributed by atoms with Gasteiger partial charge in [0.05, 0.1) is 5.75 Å². The quantitative estimate of drug-likeness (QED) is 0.835. The van der Waals surface area contributed by atoms with Gasteiger partial charge in [-0.1, -0.05) is 27.5 Å². The zero-order valence-corrected chi connectivity index (χ0v) is 9.20. The Balaban J connectivity index is 3.05. The summed E-state index contributed by atoms with van der Waals surface area (Å²) < 4.78 is 21.6. The van der Waals surface area contributed by atoms with Gasteiger partial charge in [0, 0.05) is 9.50 Å². The lowest BCUT2D eigenvalue weighted by Gasteiger charge is -1.99. The highest BCUT2D eigenvalue weighted by molar-refractivity contribution is 9.10. The molecule has 1 rings (SSSR count). The second-order valence-corrected chi connectivity index (χ2v) is 4.53. The Morgan fingerprint density at radius 1 is 1.42 bits per heavy atom. The SMILES string of the molecule is O=[SH](=O)Cc1cc(Br)ccc1Cl. The van der Waals surface area contributed by atoms with Crippen LogP contribution in [0.5, 0.6) is 0 Å². The molecule has 0 fully saturated rings. The van der Waals surface area contributed by atoms with E-state index in [0.29, 0.717) is 10.6 Å². The third-order valence-electron chi connectivity index (χ3n) is 1.31.